The molecule has 3 rings (SSSR count). The van der Waals surface area contributed by atoms with Gasteiger partial charge in [0.1, 0.15) is 6.61 Å². The Morgan fingerprint density at radius 3 is 2.75 bits per heavy atom. The third kappa shape index (κ3) is 2.82. The summed E-state index contributed by atoms with van der Waals surface area (Å²) in [6.45, 7) is 1.99. The number of nitrogens with zero attached hydrogens (tertiary/aromatic N) is 2. The van der Waals surface area contributed by atoms with Gasteiger partial charge in [-0.25, -0.2) is 0 Å². The minimum atomic E-state index is -0.107. The van der Waals surface area contributed by atoms with Crippen molar-refractivity contribution in [1.29, 1.82) is 0 Å². The molecule has 1 amide bonds. The number of aromatic nitrogens is 1. The van der Waals surface area contributed by atoms with Crippen molar-refractivity contribution < 1.29 is 14.1 Å². The fourth-order valence-corrected chi connectivity index (χ4v) is 2.24. The average molecular weight is 272 g/mol. The summed E-state index contributed by atoms with van der Waals surface area (Å²) in [6, 6.07) is 11.3. The molecule has 1 aliphatic heterocycles. The number of carbonyl (C=O) groups is 1. The van der Waals surface area contributed by atoms with Crippen molar-refractivity contribution >= 4 is 5.91 Å². The molecule has 0 saturated carbocycles. The Hall–Kier alpha value is -2.30. The first-order chi connectivity index (χ1) is 9.83. The molecular weight excluding hydrogens is 256 g/mol. The summed E-state index contributed by atoms with van der Waals surface area (Å²) >= 11 is 0. The van der Waals surface area contributed by atoms with E-state index in [1.54, 1.807) is 11.0 Å². The van der Waals surface area contributed by atoms with E-state index < -0.39 is 0 Å². The van der Waals surface area contributed by atoms with Gasteiger partial charge in [-0.15, -0.1) is 0 Å². The maximum Gasteiger partial charge on any atom is 0.292 e. The Balaban J connectivity index is 1.60. The highest BCUT2D eigenvalue weighted by Gasteiger charge is 2.23. The summed E-state index contributed by atoms with van der Waals surface area (Å²) in [6.07, 6.45) is 2.11. The lowest BCUT2D eigenvalue weighted by atomic mass is 10.2. The van der Waals surface area contributed by atoms with Crippen LogP contribution in [0.2, 0.25) is 0 Å². The number of carbonyl (C=O) groups excluding carboxylic acids is 1. The molecule has 2 heterocycles. The lowest BCUT2D eigenvalue weighted by Gasteiger charge is -2.11. The molecule has 0 bridgehead atoms. The van der Waals surface area contributed by atoms with E-state index in [9.17, 15) is 4.79 Å². The number of hydrogen-bond donors (Lipinski definition) is 0. The van der Waals surface area contributed by atoms with Gasteiger partial charge >= 0.3 is 0 Å². The molecule has 0 aliphatic carbocycles. The summed E-state index contributed by atoms with van der Waals surface area (Å²) < 4.78 is 10.6. The molecular formula is C15H16N2O3. The van der Waals surface area contributed by atoms with Gasteiger partial charge in [0.15, 0.2) is 0 Å². The zero-order valence-corrected chi connectivity index (χ0v) is 11.1. The lowest BCUT2D eigenvalue weighted by molar-refractivity contribution is 0.0751. The van der Waals surface area contributed by atoms with E-state index in [-0.39, 0.29) is 11.7 Å². The molecule has 5 nitrogen and oxygen atoms in total. The predicted octanol–water partition coefficient (Wildman–Crippen LogP) is 2.49. The van der Waals surface area contributed by atoms with Crippen LogP contribution in [0.15, 0.2) is 40.9 Å². The normalized spacial score (nSPS) is 14.5. The summed E-state index contributed by atoms with van der Waals surface area (Å²) in [5, 5.41) is 3.78. The molecule has 0 unspecified atom stereocenters. The van der Waals surface area contributed by atoms with Crippen LogP contribution in [0.3, 0.4) is 0 Å². The molecule has 5 heteroatoms. The van der Waals surface area contributed by atoms with Crippen LogP contribution in [0.4, 0.5) is 0 Å². The minimum Gasteiger partial charge on any atom is -0.471 e. The van der Waals surface area contributed by atoms with Crippen molar-refractivity contribution in [3.8, 4) is 5.88 Å². The van der Waals surface area contributed by atoms with E-state index in [0.29, 0.717) is 12.5 Å². The van der Waals surface area contributed by atoms with Crippen LogP contribution >= 0.6 is 0 Å². The monoisotopic (exact) mass is 272 g/mol. The van der Waals surface area contributed by atoms with Gasteiger partial charge in [0, 0.05) is 13.1 Å². The van der Waals surface area contributed by atoms with E-state index in [0.717, 1.165) is 31.5 Å². The van der Waals surface area contributed by atoms with Gasteiger partial charge in [-0.3, -0.25) is 4.79 Å². The number of rotatable bonds is 4. The Labute approximate surface area is 117 Å². The number of amides is 1. The van der Waals surface area contributed by atoms with Crippen LogP contribution in [0.5, 0.6) is 5.88 Å². The predicted molar refractivity (Wildman–Crippen MR) is 72.4 cm³/mol. The van der Waals surface area contributed by atoms with Gasteiger partial charge in [-0.1, -0.05) is 30.3 Å². The fourth-order valence-electron chi connectivity index (χ4n) is 2.24. The first kappa shape index (κ1) is 12.7. The van der Waals surface area contributed by atoms with Gasteiger partial charge in [0.25, 0.3) is 11.8 Å². The maximum absolute atomic E-state index is 12.1. The Morgan fingerprint density at radius 2 is 2.00 bits per heavy atom. The van der Waals surface area contributed by atoms with E-state index in [2.05, 4.69) is 5.16 Å². The molecule has 0 N–H and O–H groups in total. The van der Waals surface area contributed by atoms with Crippen LogP contribution in [-0.4, -0.2) is 29.1 Å². The summed E-state index contributed by atoms with van der Waals surface area (Å²) in [7, 11) is 0. The second-order valence-electron chi connectivity index (χ2n) is 4.80. The van der Waals surface area contributed by atoms with Crippen molar-refractivity contribution in [3.05, 3.63) is 47.7 Å². The Morgan fingerprint density at radius 1 is 1.25 bits per heavy atom. The smallest absolute Gasteiger partial charge is 0.292 e. The van der Waals surface area contributed by atoms with Crippen molar-refractivity contribution in [1.82, 2.24) is 10.1 Å². The summed E-state index contributed by atoms with van der Waals surface area (Å²) in [5.41, 5.74) is 1.04. The second kappa shape index (κ2) is 5.77. The highest BCUT2D eigenvalue weighted by Crippen LogP contribution is 2.17. The second-order valence-corrected chi connectivity index (χ2v) is 4.80. The Bertz CT molecular complexity index is 574. The number of likely N-dealkylation sites (tertiary alicyclic amines) is 1. The SMILES string of the molecule is O=C(c1cc(OCc2ccccc2)no1)N1CCCC1. The van der Waals surface area contributed by atoms with E-state index >= 15 is 0 Å². The average Bonchev–Trinajstić information content (AvgIpc) is 3.17. The highest BCUT2D eigenvalue weighted by molar-refractivity contribution is 5.91. The summed E-state index contributed by atoms with van der Waals surface area (Å²) in [5.74, 6) is 0.482. The molecule has 20 heavy (non-hydrogen) atoms. The Kier molecular flexibility index (Phi) is 3.67. The van der Waals surface area contributed by atoms with Gasteiger partial charge in [0.2, 0.25) is 5.76 Å². The van der Waals surface area contributed by atoms with E-state index in [1.807, 2.05) is 30.3 Å². The first-order valence-corrected chi connectivity index (χ1v) is 6.75. The van der Waals surface area contributed by atoms with Crippen LogP contribution in [0.1, 0.15) is 29.0 Å². The van der Waals surface area contributed by atoms with Crippen molar-refractivity contribution in [2.75, 3.05) is 13.1 Å². The van der Waals surface area contributed by atoms with Crippen LogP contribution in [0, 0.1) is 0 Å². The van der Waals surface area contributed by atoms with E-state index in [1.165, 1.54) is 0 Å². The van der Waals surface area contributed by atoms with Crippen molar-refractivity contribution in [3.63, 3.8) is 0 Å². The largest absolute Gasteiger partial charge is 0.471 e. The fraction of sp³-hybridized carbons (Fsp3) is 0.333. The number of ether oxygens (including phenoxy) is 1. The molecule has 2 aromatic rings. The van der Waals surface area contributed by atoms with E-state index in [4.69, 9.17) is 9.26 Å². The minimum absolute atomic E-state index is 0.107. The van der Waals surface area contributed by atoms with Crippen LogP contribution in [0.25, 0.3) is 0 Å². The third-order valence-electron chi connectivity index (χ3n) is 3.32. The van der Waals surface area contributed by atoms with Gasteiger partial charge in [-0.2, -0.15) is 0 Å². The first-order valence-electron chi connectivity index (χ1n) is 6.75. The van der Waals surface area contributed by atoms with Gasteiger partial charge < -0.3 is 14.2 Å². The molecule has 1 saturated heterocycles. The molecule has 1 aromatic carbocycles. The molecule has 0 radical (unpaired) electrons. The topological polar surface area (TPSA) is 55.6 Å². The summed E-state index contributed by atoms with van der Waals surface area (Å²) in [4.78, 5) is 13.9. The molecule has 0 spiro atoms. The molecule has 1 aliphatic rings. The lowest BCUT2D eigenvalue weighted by Crippen LogP contribution is -2.27. The number of benzene rings is 1. The zero-order valence-electron chi connectivity index (χ0n) is 11.1. The quantitative estimate of drug-likeness (QED) is 0.858. The highest BCUT2D eigenvalue weighted by atomic mass is 16.5. The maximum atomic E-state index is 12.1. The van der Waals surface area contributed by atoms with Crippen molar-refractivity contribution in [2.45, 2.75) is 19.4 Å². The molecule has 1 fully saturated rings. The van der Waals surface area contributed by atoms with Gasteiger partial charge in [0.05, 0.1) is 6.07 Å². The standard InChI is InChI=1S/C15H16N2O3/c18-15(17-8-4-5-9-17)13-10-14(16-20-13)19-11-12-6-2-1-3-7-12/h1-3,6-7,10H,4-5,8-9,11H2. The number of hydrogen-bond acceptors (Lipinski definition) is 4. The molecule has 104 valence electrons. The third-order valence-corrected chi connectivity index (χ3v) is 3.32. The van der Waals surface area contributed by atoms with Crippen molar-refractivity contribution in [2.24, 2.45) is 0 Å². The van der Waals surface area contributed by atoms with Crippen LogP contribution < -0.4 is 4.74 Å². The zero-order chi connectivity index (χ0) is 13.8. The molecule has 0 atom stereocenters. The van der Waals surface area contributed by atoms with Gasteiger partial charge in [-0.05, 0) is 23.6 Å². The molecule has 1 aromatic heterocycles. The van der Waals surface area contributed by atoms with Crippen LogP contribution in [-0.2, 0) is 6.61 Å².